The lowest BCUT2D eigenvalue weighted by atomic mass is 10.0. The summed E-state index contributed by atoms with van der Waals surface area (Å²) in [6.45, 7) is 5.26. The zero-order valence-corrected chi connectivity index (χ0v) is 14.5. The molecule has 0 unspecified atom stereocenters. The van der Waals surface area contributed by atoms with Gasteiger partial charge in [0.25, 0.3) is 0 Å². The number of aromatic nitrogens is 1. The molecule has 1 aromatic heterocycles. The molecule has 0 bridgehead atoms. The van der Waals surface area contributed by atoms with Gasteiger partial charge in [0.05, 0.1) is 24.1 Å². The topological polar surface area (TPSA) is 51.3 Å². The Morgan fingerprint density at radius 1 is 1.52 bits per heavy atom. The Morgan fingerprint density at radius 3 is 3.09 bits per heavy atom. The first-order valence-electron chi connectivity index (χ1n) is 7.84. The van der Waals surface area contributed by atoms with E-state index in [-0.39, 0.29) is 5.43 Å². The first kappa shape index (κ1) is 16.0. The quantitative estimate of drug-likeness (QED) is 0.900. The number of hydrogen-bond donors (Lipinski definition) is 1. The highest BCUT2D eigenvalue weighted by Crippen LogP contribution is 2.37. The first-order chi connectivity index (χ1) is 11.2. The molecule has 0 saturated heterocycles. The molecule has 0 amide bonds. The third-order valence-corrected chi connectivity index (χ3v) is 4.54. The maximum atomic E-state index is 13.0. The number of ether oxygens (including phenoxy) is 2. The molecule has 1 N–H and O–H groups in total. The zero-order chi connectivity index (χ0) is 16.4. The summed E-state index contributed by atoms with van der Waals surface area (Å²) in [5.41, 5.74) is 3.41. The predicted octanol–water partition coefficient (Wildman–Crippen LogP) is 3.98. The third-order valence-electron chi connectivity index (χ3n) is 3.95. The van der Waals surface area contributed by atoms with Crippen LogP contribution in [0.3, 0.4) is 0 Å². The van der Waals surface area contributed by atoms with Gasteiger partial charge in [-0.2, -0.15) is 0 Å². The average Bonchev–Trinajstić information content (AvgIpc) is 3.01. The summed E-state index contributed by atoms with van der Waals surface area (Å²) in [7, 11) is 0. The molecule has 0 aliphatic carbocycles. The van der Waals surface area contributed by atoms with E-state index in [2.05, 4.69) is 11.9 Å². The molecular weight excluding hydrogens is 310 g/mol. The first-order valence-corrected chi connectivity index (χ1v) is 9.13. The normalized spacial score (nSPS) is 14.0. The maximum absolute atomic E-state index is 13.0. The van der Waals surface area contributed by atoms with Gasteiger partial charge in [-0.15, -0.1) is 11.8 Å². The number of allylic oxidation sites excluding steroid dienone is 1. The van der Waals surface area contributed by atoms with E-state index in [1.165, 1.54) is 0 Å². The molecule has 3 rings (SSSR count). The SMILES string of the molecule is CCCOc1cc2c(c3c(=O)c(C(C)=CSC)c[nH]c13)OCC2. The summed E-state index contributed by atoms with van der Waals surface area (Å²) >= 11 is 1.59. The monoisotopic (exact) mass is 331 g/mol. The molecule has 4 nitrogen and oxygen atoms in total. The Morgan fingerprint density at radius 2 is 2.35 bits per heavy atom. The third kappa shape index (κ3) is 2.85. The lowest BCUT2D eigenvalue weighted by molar-refractivity contribution is 0.320. The Bertz CT molecular complexity index is 823. The number of aromatic amines is 1. The molecule has 1 aromatic carbocycles. The molecule has 0 spiro atoms. The number of H-pyrrole nitrogens is 1. The lowest BCUT2D eigenvalue weighted by Gasteiger charge is -2.13. The molecule has 0 fully saturated rings. The van der Waals surface area contributed by atoms with E-state index in [1.807, 2.05) is 24.7 Å². The minimum atomic E-state index is 0.00153. The summed E-state index contributed by atoms with van der Waals surface area (Å²) in [6.07, 6.45) is 5.49. The molecule has 0 saturated carbocycles. The minimum Gasteiger partial charge on any atom is -0.492 e. The van der Waals surface area contributed by atoms with Crippen LogP contribution in [0, 0.1) is 0 Å². The summed E-state index contributed by atoms with van der Waals surface area (Å²) in [5.74, 6) is 1.45. The fourth-order valence-electron chi connectivity index (χ4n) is 2.87. The maximum Gasteiger partial charge on any atom is 0.200 e. The molecule has 23 heavy (non-hydrogen) atoms. The van der Waals surface area contributed by atoms with Crippen LogP contribution in [-0.4, -0.2) is 24.5 Å². The standard InChI is InChI=1S/C18H21NO3S/c1-4-6-21-14-8-12-5-7-22-18(12)15-16(14)19-9-13(17(15)20)11(2)10-23-3/h8-10H,4-7H2,1-3H3,(H,19,20). The Labute approximate surface area is 139 Å². The van der Waals surface area contributed by atoms with Crippen molar-refractivity contribution in [3.05, 3.63) is 39.0 Å². The number of pyridine rings is 1. The molecule has 2 heterocycles. The smallest absolute Gasteiger partial charge is 0.200 e. The fraction of sp³-hybridized carbons (Fsp3) is 0.389. The Balaban J connectivity index is 2.27. The van der Waals surface area contributed by atoms with Crippen molar-refractivity contribution < 1.29 is 9.47 Å². The molecular formula is C18H21NO3S. The van der Waals surface area contributed by atoms with E-state index >= 15 is 0 Å². The van der Waals surface area contributed by atoms with Gasteiger partial charge in [0, 0.05) is 23.7 Å². The number of fused-ring (bicyclic) bond motifs is 3. The molecule has 1 aliphatic heterocycles. The zero-order valence-electron chi connectivity index (χ0n) is 13.7. The van der Waals surface area contributed by atoms with Crippen LogP contribution >= 0.6 is 11.8 Å². The predicted molar refractivity (Wildman–Crippen MR) is 96.7 cm³/mol. The number of hydrogen-bond acceptors (Lipinski definition) is 4. The van der Waals surface area contributed by atoms with E-state index < -0.39 is 0 Å². The summed E-state index contributed by atoms with van der Waals surface area (Å²) in [4.78, 5) is 16.3. The number of thioether (sulfide) groups is 1. The van der Waals surface area contributed by atoms with Crippen LogP contribution in [0.25, 0.3) is 16.5 Å². The number of nitrogens with one attached hydrogen (secondary N) is 1. The van der Waals surface area contributed by atoms with E-state index in [0.717, 1.165) is 35.2 Å². The van der Waals surface area contributed by atoms with Crippen molar-refractivity contribution >= 4 is 28.2 Å². The van der Waals surface area contributed by atoms with E-state index in [4.69, 9.17) is 9.47 Å². The van der Waals surface area contributed by atoms with Crippen molar-refractivity contribution in [1.29, 1.82) is 0 Å². The van der Waals surface area contributed by atoms with Gasteiger partial charge in [0.1, 0.15) is 11.5 Å². The van der Waals surface area contributed by atoms with E-state index in [1.54, 1.807) is 18.0 Å². The van der Waals surface area contributed by atoms with Crippen molar-refractivity contribution in [3.63, 3.8) is 0 Å². The average molecular weight is 331 g/mol. The molecule has 1 aliphatic rings. The van der Waals surface area contributed by atoms with Gasteiger partial charge < -0.3 is 14.5 Å². The molecule has 122 valence electrons. The second-order valence-corrected chi connectivity index (χ2v) is 6.34. The summed E-state index contributed by atoms with van der Waals surface area (Å²) < 4.78 is 11.6. The van der Waals surface area contributed by atoms with Gasteiger partial charge >= 0.3 is 0 Å². The van der Waals surface area contributed by atoms with Crippen LogP contribution in [0.5, 0.6) is 11.5 Å². The van der Waals surface area contributed by atoms with Crippen molar-refractivity contribution in [2.24, 2.45) is 0 Å². The molecule has 0 radical (unpaired) electrons. The van der Waals surface area contributed by atoms with Crippen LogP contribution in [0.1, 0.15) is 31.4 Å². The van der Waals surface area contributed by atoms with Crippen molar-refractivity contribution in [1.82, 2.24) is 4.98 Å². The number of benzene rings is 1. The van der Waals surface area contributed by atoms with Gasteiger partial charge in [-0.1, -0.05) is 6.92 Å². The summed E-state index contributed by atoms with van der Waals surface area (Å²) in [6, 6.07) is 2.00. The Kier molecular flexibility index (Phi) is 4.66. The summed E-state index contributed by atoms with van der Waals surface area (Å²) in [5, 5.41) is 2.59. The van der Waals surface area contributed by atoms with Crippen LogP contribution in [0.2, 0.25) is 0 Å². The second-order valence-electron chi connectivity index (χ2n) is 5.63. The van der Waals surface area contributed by atoms with Gasteiger partial charge in [-0.05, 0) is 36.6 Å². The highest BCUT2D eigenvalue weighted by Gasteiger charge is 2.23. The minimum absolute atomic E-state index is 0.00153. The van der Waals surface area contributed by atoms with Crippen molar-refractivity contribution in [2.45, 2.75) is 26.7 Å². The van der Waals surface area contributed by atoms with E-state index in [0.29, 0.717) is 29.9 Å². The highest BCUT2D eigenvalue weighted by molar-refractivity contribution is 8.01. The van der Waals surface area contributed by atoms with Gasteiger partial charge in [-0.3, -0.25) is 4.79 Å². The largest absolute Gasteiger partial charge is 0.492 e. The number of rotatable bonds is 5. The van der Waals surface area contributed by atoms with Gasteiger partial charge in [-0.25, -0.2) is 0 Å². The molecule has 2 aromatic rings. The molecule has 5 heteroatoms. The van der Waals surface area contributed by atoms with Crippen LogP contribution < -0.4 is 14.9 Å². The van der Waals surface area contributed by atoms with Crippen molar-refractivity contribution in [3.8, 4) is 11.5 Å². The molecule has 0 atom stereocenters. The van der Waals surface area contributed by atoms with Gasteiger partial charge in [0.2, 0.25) is 5.43 Å². The van der Waals surface area contributed by atoms with Crippen LogP contribution in [-0.2, 0) is 6.42 Å². The van der Waals surface area contributed by atoms with E-state index in [9.17, 15) is 4.79 Å². The Hall–Kier alpha value is -1.88. The fourth-order valence-corrected chi connectivity index (χ4v) is 3.35. The van der Waals surface area contributed by atoms with Gasteiger partial charge in [0.15, 0.2) is 0 Å². The van der Waals surface area contributed by atoms with Crippen molar-refractivity contribution in [2.75, 3.05) is 19.5 Å². The highest BCUT2D eigenvalue weighted by atomic mass is 32.2. The van der Waals surface area contributed by atoms with Crippen LogP contribution in [0.15, 0.2) is 22.5 Å². The van der Waals surface area contributed by atoms with Crippen LogP contribution in [0.4, 0.5) is 0 Å². The second kappa shape index (κ2) is 6.71. The lowest BCUT2D eigenvalue weighted by Crippen LogP contribution is -2.11.